The van der Waals surface area contributed by atoms with Crippen molar-refractivity contribution in [3.63, 3.8) is 0 Å². The van der Waals surface area contributed by atoms with Gasteiger partial charge in [0, 0.05) is 18.6 Å². The molecule has 1 heteroatoms. The Labute approximate surface area is 182 Å². The largest absolute Gasteiger partial charge is 0.293 e. The molecular weight excluding hydrogens is 350 g/mol. The molecule has 1 heterocycles. The lowest BCUT2D eigenvalue weighted by Crippen LogP contribution is -2.44. The molecule has 0 saturated carbocycles. The number of benzene rings is 1. The van der Waals surface area contributed by atoms with Crippen LogP contribution in [0.15, 0.2) is 30.3 Å². The molecule has 0 spiro atoms. The second-order valence-corrected chi connectivity index (χ2v) is 9.62. The van der Waals surface area contributed by atoms with Crippen molar-refractivity contribution < 1.29 is 0 Å². The molecule has 2 rings (SSSR count). The Kier molecular flexibility index (Phi) is 13.4. The zero-order valence-corrected chi connectivity index (χ0v) is 19.7. The van der Waals surface area contributed by atoms with Crippen molar-refractivity contribution >= 4 is 0 Å². The monoisotopic (exact) mass is 399 g/mol. The minimum atomic E-state index is 0.746. The Morgan fingerprint density at radius 1 is 0.724 bits per heavy atom. The van der Waals surface area contributed by atoms with E-state index in [2.05, 4.69) is 49.1 Å². The summed E-state index contributed by atoms with van der Waals surface area (Å²) in [6.07, 6.45) is 24.5. The summed E-state index contributed by atoms with van der Waals surface area (Å²) in [5.74, 6) is 0. The van der Waals surface area contributed by atoms with Gasteiger partial charge in [-0.2, -0.15) is 0 Å². The molecule has 0 radical (unpaired) electrons. The van der Waals surface area contributed by atoms with Crippen LogP contribution in [0.5, 0.6) is 0 Å². The molecule has 1 nitrogen and oxygen atoms in total. The smallest absolute Gasteiger partial charge is 0.0239 e. The normalized spacial score (nSPS) is 20.2. The number of rotatable bonds is 16. The molecule has 1 aromatic carbocycles. The average molecular weight is 400 g/mol. The van der Waals surface area contributed by atoms with Crippen LogP contribution in [0, 0.1) is 0 Å². The van der Waals surface area contributed by atoms with Crippen LogP contribution in [0.1, 0.15) is 129 Å². The molecule has 0 aliphatic carbocycles. The van der Waals surface area contributed by atoms with Gasteiger partial charge in [-0.15, -0.1) is 0 Å². The minimum absolute atomic E-state index is 0.746. The minimum Gasteiger partial charge on any atom is -0.293 e. The second kappa shape index (κ2) is 15.9. The molecule has 0 amide bonds. The first-order valence-electron chi connectivity index (χ1n) is 13.1. The van der Waals surface area contributed by atoms with E-state index in [4.69, 9.17) is 0 Å². The van der Waals surface area contributed by atoms with Crippen LogP contribution in [0.25, 0.3) is 0 Å². The first-order chi connectivity index (χ1) is 14.3. The Morgan fingerprint density at radius 2 is 1.28 bits per heavy atom. The Morgan fingerprint density at radius 3 is 1.86 bits per heavy atom. The summed E-state index contributed by atoms with van der Waals surface area (Å²) in [6, 6.07) is 12.7. The zero-order chi connectivity index (χ0) is 20.6. The standard InChI is InChI=1S/C28H49N/c1-3-4-5-6-7-8-9-10-11-12-13-14-18-23-28-24-19-20-26(2)29(28)25-27-21-16-15-17-22-27/h15-17,21-22,26,28H,3-14,18-20,23-25H2,1-2H3/t26-,28-/m1/s1. The molecule has 2 atom stereocenters. The second-order valence-electron chi connectivity index (χ2n) is 9.62. The van der Waals surface area contributed by atoms with E-state index in [0.29, 0.717) is 0 Å². The Bertz CT molecular complexity index is 482. The molecule has 0 N–H and O–H groups in total. The van der Waals surface area contributed by atoms with Gasteiger partial charge < -0.3 is 0 Å². The summed E-state index contributed by atoms with van der Waals surface area (Å²) in [7, 11) is 0. The van der Waals surface area contributed by atoms with Crippen molar-refractivity contribution in [2.24, 2.45) is 0 Å². The van der Waals surface area contributed by atoms with Crippen molar-refractivity contribution in [1.29, 1.82) is 0 Å². The number of unbranched alkanes of at least 4 members (excludes halogenated alkanes) is 12. The van der Waals surface area contributed by atoms with Crippen LogP contribution in [0.4, 0.5) is 0 Å². The maximum Gasteiger partial charge on any atom is 0.0239 e. The lowest BCUT2D eigenvalue weighted by Gasteiger charge is -2.41. The van der Waals surface area contributed by atoms with Gasteiger partial charge in [0.25, 0.3) is 0 Å². The molecule has 1 fully saturated rings. The summed E-state index contributed by atoms with van der Waals surface area (Å²) >= 11 is 0. The number of hydrogen-bond acceptors (Lipinski definition) is 1. The fraction of sp³-hybridized carbons (Fsp3) is 0.786. The molecule has 1 saturated heterocycles. The van der Waals surface area contributed by atoms with Gasteiger partial charge in [-0.05, 0) is 31.7 Å². The number of nitrogens with zero attached hydrogens (tertiary/aromatic N) is 1. The predicted octanol–water partition coefficient (Wildman–Crippen LogP) is 8.91. The van der Waals surface area contributed by atoms with E-state index in [1.165, 1.54) is 115 Å². The van der Waals surface area contributed by atoms with Crippen molar-refractivity contribution in [1.82, 2.24) is 4.90 Å². The van der Waals surface area contributed by atoms with E-state index in [1.54, 1.807) is 0 Å². The van der Waals surface area contributed by atoms with Crippen LogP contribution in [-0.2, 0) is 6.54 Å². The van der Waals surface area contributed by atoms with Crippen LogP contribution >= 0.6 is 0 Å². The lowest BCUT2D eigenvalue weighted by atomic mass is 9.92. The average Bonchev–Trinajstić information content (AvgIpc) is 2.74. The lowest BCUT2D eigenvalue weighted by molar-refractivity contribution is 0.0773. The van der Waals surface area contributed by atoms with Gasteiger partial charge in [-0.1, -0.05) is 127 Å². The van der Waals surface area contributed by atoms with E-state index >= 15 is 0 Å². The first-order valence-corrected chi connectivity index (χ1v) is 13.1. The van der Waals surface area contributed by atoms with Gasteiger partial charge in [0.2, 0.25) is 0 Å². The van der Waals surface area contributed by atoms with Gasteiger partial charge in [0.15, 0.2) is 0 Å². The maximum absolute atomic E-state index is 2.80. The molecule has 0 unspecified atom stereocenters. The highest BCUT2D eigenvalue weighted by molar-refractivity contribution is 5.15. The van der Waals surface area contributed by atoms with Crippen molar-refractivity contribution in [3.05, 3.63) is 35.9 Å². The van der Waals surface area contributed by atoms with Crippen molar-refractivity contribution in [2.45, 2.75) is 142 Å². The topological polar surface area (TPSA) is 3.24 Å². The summed E-state index contributed by atoms with van der Waals surface area (Å²) < 4.78 is 0. The third-order valence-corrected chi connectivity index (χ3v) is 7.04. The molecule has 29 heavy (non-hydrogen) atoms. The SMILES string of the molecule is CCCCCCCCCCCCCCC[C@@H]1CCC[C@@H](C)N1Cc1ccccc1. The van der Waals surface area contributed by atoms with Crippen molar-refractivity contribution in [2.75, 3.05) is 0 Å². The summed E-state index contributed by atoms with van der Waals surface area (Å²) in [5.41, 5.74) is 1.48. The third kappa shape index (κ3) is 10.7. The molecule has 1 aliphatic heterocycles. The van der Waals surface area contributed by atoms with Gasteiger partial charge in [0.1, 0.15) is 0 Å². The van der Waals surface area contributed by atoms with Crippen LogP contribution in [0.3, 0.4) is 0 Å². The highest BCUT2D eigenvalue weighted by Crippen LogP contribution is 2.28. The Hall–Kier alpha value is -0.820. The molecule has 166 valence electrons. The van der Waals surface area contributed by atoms with Crippen LogP contribution in [-0.4, -0.2) is 17.0 Å². The van der Waals surface area contributed by atoms with E-state index in [-0.39, 0.29) is 0 Å². The number of hydrogen-bond donors (Lipinski definition) is 0. The molecule has 0 aromatic heterocycles. The molecule has 1 aliphatic rings. The van der Waals surface area contributed by atoms with Crippen molar-refractivity contribution in [3.8, 4) is 0 Å². The fourth-order valence-corrected chi connectivity index (χ4v) is 5.13. The van der Waals surface area contributed by atoms with Gasteiger partial charge in [-0.3, -0.25) is 4.90 Å². The first kappa shape index (κ1) is 24.4. The molecule has 1 aromatic rings. The summed E-state index contributed by atoms with van der Waals surface area (Å²) in [6.45, 7) is 5.89. The molecular formula is C28H49N. The summed E-state index contributed by atoms with van der Waals surface area (Å²) in [4.78, 5) is 2.80. The van der Waals surface area contributed by atoms with E-state index < -0.39 is 0 Å². The van der Waals surface area contributed by atoms with Crippen LogP contribution in [0.2, 0.25) is 0 Å². The maximum atomic E-state index is 2.80. The van der Waals surface area contributed by atoms with Gasteiger partial charge in [0.05, 0.1) is 0 Å². The quantitative estimate of drug-likeness (QED) is 0.251. The van der Waals surface area contributed by atoms with E-state index in [0.717, 1.165) is 18.6 Å². The number of likely N-dealkylation sites (tertiary alicyclic amines) is 1. The number of piperidine rings is 1. The fourth-order valence-electron chi connectivity index (χ4n) is 5.13. The van der Waals surface area contributed by atoms with Crippen LogP contribution < -0.4 is 0 Å². The predicted molar refractivity (Wildman–Crippen MR) is 129 cm³/mol. The van der Waals surface area contributed by atoms with E-state index in [9.17, 15) is 0 Å². The molecule has 0 bridgehead atoms. The summed E-state index contributed by atoms with van der Waals surface area (Å²) in [5, 5.41) is 0. The Balaban J connectivity index is 1.50. The van der Waals surface area contributed by atoms with E-state index in [1.807, 2.05) is 0 Å². The third-order valence-electron chi connectivity index (χ3n) is 7.04. The highest BCUT2D eigenvalue weighted by atomic mass is 15.2. The van der Waals surface area contributed by atoms with Gasteiger partial charge >= 0.3 is 0 Å². The highest BCUT2D eigenvalue weighted by Gasteiger charge is 2.27. The van der Waals surface area contributed by atoms with Gasteiger partial charge in [-0.25, -0.2) is 0 Å². The zero-order valence-electron chi connectivity index (χ0n) is 19.7.